The van der Waals surface area contributed by atoms with Crippen LogP contribution in [0.1, 0.15) is 38.5 Å². The van der Waals surface area contributed by atoms with E-state index in [2.05, 4.69) is 15.5 Å². The Hall–Kier alpha value is -0.770. The highest BCUT2D eigenvalue weighted by molar-refractivity contribution is 5.75. The van der Waals surface area contributed by atoms with E-state index >= 15 is 0 Å². The molecule has 1 heterocycles. The van der Waals surface area contributed by atoms with E-state index in [1.807, 2.05) is 0 Å². The molecule has 0 bridgehead atoms. The number of nitrogens with one attached hydrogen (secondary N) is 2. The summed E-state index contributed by atoms with van der Waals surface area (Å²) >= 11 is 0. The smallest absolute Gasteiger partial charge is 0.317 e. The first-order valence-electron chi connectivity index (χ1n) is 7.11. The summed E-state index contributed by atoms with van der Waals surface area (Å²) < 4.78 is 0. The van der Waals surface area contributed by atoms with Crippen LogP contribution >= 0.6 is 0 Å². The molecule has 2 amide bonds. The number of carbonyl (C=O) groups excluding carboxylic acids is 1. The highest BCUT2D eigenvalue weighted by Crippen LogP contribution is 2.29. The lowest BCUT2D eigenvalue weighted by Gasteiger charge is -2.30. The fourth-order valence-corrected chi connectivity index (χ4v) is 2.63. The van der Waals surface area contributed by atoms with Crippen LogP contribution in [0.4, 0.5) is 4.79 Å². The molecule has 1 unspecified atom stereocenters. The van der Waals surface area contributed by atoms with Gasteiger partial charge in [-0.15, -0.1) is 0 Å². The van der Waals surface area contributed by atoms with Gasteiger partial charge in [0.2, 0.25) is 0 Å². The Morgan fingerprint density at radius 1 is 1.24 bits per heavy atom. The van der Waals surface area contributed by atoms with Crippen LogP contribution in [-0.2, 0) is 0 Å². The summed E-state index contributed by atoms with van der Waals surface area (Å²) in [5.41, 5.74) is 0. The van der Waals surface area contributed by atoms with Crippen molar-refractivity contribution < 1.29 is 4.79 Å². The minimum absolute atomic E-state index is 0.195. The zero-order chi connectivity index (χ0) is 11.7. The number of hydrogen-bond donors (Lipinski definition) is 2. The third-order valence-corrected chi connectivity index (χ3v) is 4.01. The molecule has 0 aromatic rings. The maximum atomic E-state index is 12.1. The topological polar surface area (TPSA) is 44.4 Å². The van der Waals surface area contributed by atoms with E-state index < -0.39 is 0 Å². The summed E-state index contributed by atoms with van der Waals surface area (Å²) in [5, 5.41) is 6.56. The number of hydrogen-bond acceptors (Lipinski definition) is 2. The van der Waals surface area contributed by atoms with E-state index in [9.17, 15) is 4.79 Å². The molecule has 4 nitrogen and oxygen atoms in total. The summed E-state index contributed by atoms with van der Waals surface area (Å²) in [6, 6.07) is 1.21. The Kier molecular flexibility index (Phi) is 3.23. The number of nitrogens with zero attached hydrogens (tertiary/aromatic N) is 1. The molecule has 0 spiro atoms. The van der Waals surface area contributed by atoms with Gasteiger partial charge in [-0.25, -0.2) is 4.79 Å². The van der Waals surface area contributed by atoms with Gasteiger partial charge in [-0.3, -0.25) is 0 Å². The molecular formula is C13H23N3O. The number of carbonyl (C=O) groups is 1. The molecule has 96 valence electrons. The molecule has 17 heavy (non-hydrogen) atoms. The van der Waals surface area contributed by atoms with Crippen LogP contribution in [0.2, 0.25) is 0 Å². The average molecular weight is 237 g/mol. The van der Waals surface area contributed by atoms with Gasteiger partial charge < -0.3 is 15.5 Å². The molecule has 3 rings (SSSR count). The van der Waals surface area contributed by atoms with Gasteiger partial charge in [0.1, 0.15) is 0 Å². The molecule has 2 N–H and O–H groups in total. The standard InChI is InChI=1S/C13H23N3O/c17-13(15-11-3-4-11)16(12-5-6-12)9-10-2-1-7-14-8-10/h10-12,14H,1-9H2,(H,15,17). The monoisotopic (exact) mass is 237 g/mol. The second-order valence-electron chi connectivity index (χ2n) is 5.82. The van der Waals surface area contributed by atoms with Crippen molar-refractivity contribution in [3.05, 3.63) is 0 Å². The minimum atomic E-state index is 0.195. The summed E-state index contributed by atoms with van der Waals surface area (Å²) in [4.78, 5) is 14.3. The Morgan fingerprint density at radius 2 is 2.06 bits per heavy atom. The summed E-state index contributed by atoms with van der Waals surface area (Å²) in [5.74, 6) is 0.661. The van der Waals surface area contributed by atoms with Crippen LogP contribution in [-0.4, -0.2) is 42.6 Å². The summed E-state index contributed by atoms with van der Waals surface area (Å²) in [6.07, 6.45) is 7.29. The van der Waals surface area contributed by atoms with Crippen LogP contribution in [0.15, 0.2) is 0 Å². The molecular weight excluding hydrogens is 214 g/mol. The van der Waals surface area contributed by atoms with Crippen LogP contribution in [0, 0.1) is 5.92 Å². The van der Waals surface area contributed by atoms with E-state index in [-0.39, 0.29) is 6.03 Å². The molecule has 1 saturated heterocycles. The first-order valence-corrected chi connectivity index (χ1v) is 7.11. The summed E-state index contributed by atoms with van der Waals surface area (Å²) in [6.45, 7) is 3.18. The third kappa shape index (κ3) is 3.12. The molecule has 3 aliphatic rings. The van der Waals surface area contributed by atoms with Crippen molar-refractivity contribution in [2.24, 2.45) is 5.92 Å². The maximum Gasteiger partial charge on any atom is 0.317 e. The van der Waals surface area contributed by atoms with Gasteiger partial charge in [0.15, 0.2) is 0 Å². The number of urea groups is 1. The van der Waals surface area contributed by atoms with Crippen molar-refractivity contribution >= 4 is 6.03 Å². The van der Waals surface area contributed by atoms with Gasteiger partial charge in [0.25, 0.3) is 0 Å². The largest absolute Gasteiger partial charge is 0.335 e. The van der Waals surface area contributed by atoms with Gasteiger partial charge in [-0.1, -0.05) is 0 Å². The molecule has 1 atom stereocenters. The molecule has 4 heteroatoms. The van der Waals surface area contributed by atoms with Gasteiger partial charge >= 0.3 is 6.03 Å². The first-order chi connectivity index (χ1) is 8.33. The number of rotatable bonds is 4. The number of piperidine rings is 1. The summed E-state index contributed by atoms with van der Waals surface area (Å²) in [7, 11) is 0. The fraction of sp³-hybridized carbons (Fsp3) is 0.923. The molecule has 3 fully saturated rings. The molecule has 2 aliphatic carbocycles. The predicted molar refractivity (Wildman–Crippen MR) is 66.9 cm³/mol. The van der Waals surface area contributed by atoms with Crippen molar-refractivity contribution in [3.63, 3.8) is 0 Å². The predicted octanol–water partition coefficient (Wildman–Crippen LogP) is 1.32. The SMILES string of the molecule is O=C(NC1CC1)N(CC1CCCNC1)C1CC1. The molecule has 1 aliphatic heterocycles. The maximum absolute atomic E-state index is 12.1. The Balaban J connectivity index is 1.52. The Morgan fingerprint density at radius 3 is 2.65 bits per heavy atom. The highest BCUT2D eigenvalue weighted by Gasteiger charge is 2.36. The zero-order valence-electron chi connectivity index (χ0n) is 10.5. The zero-order valence-corrected chi connectivity index (χ0v) is 10.5. The van der Waals surface area contributed by atoms with E-state index in [4.69, 9.17) is 0 Å². The van der Waals surface area contributed by atoms with E-state index in [0.717, 1.165) is 19.6 Å². The van der Waals surface area contributed by atoms with Gasteiger partial charge in [0.05, 0.1) is 0 Å². The lowest BCUT2D eigenvalue weighted by molar-refractivity contribution is 0.177. The normalized spacial score (nSPS) is 28.8. The second kappa shape index (κ2) is 4.84. The van der Waals surface area contributed by atoms with Gasteiger partial charge in [0, 0.05) is 18.6 Å². The van der Waals surface area contributed by atoms with Crippen LogP contribution in [0.3, 0.4) is 0 Å². The molecule has 2 saturated carbocycles. The van der Waals surface area contributed by atoms with Crippen LogP contribution in [0.5, 0.6) is 0 Å². The third-order valence-electron chi connectivity index (χ3n) is 4.01. The van der Waals surface area contributed by atoms with E-state index in [1.54, 1.807) is 0 Å². The minimum Gasteiger partial charge on any atom is -0.335 e. The quantitative estimate of drug-likeness (QED) is 0.774. The van der Waals surface area contributed by atoms with Crippen molar-refractivity contribution in [1.82, 2.24) is 15.5 Å². The Labute approximate surface area is 103 Å². The van der Waals surface area contributed by atoms with Crippen LogP contribution < -0.4 is 10.6 Å². The van der Waals surface area contributed by atoms with Gasteiger partial charge in [-0.05, 0) is 57.5 Å². The van der Waals surface area contributed by atoms with Crippen molar-refractivity contribution in [2.45, 2.75) is 50.6 Å². The fourth-order valence-electron chi connectivity index (χ4n) is 2.63. The first kappa shape index (κ1) is 11.3. The van der Waals surface area contributed by atoms with Crippen molar-refractivity contribution in [3.8, 4) is 0 Å². The van der Waals surface area contributed by atoms with Gasteiger partial charge in [-0.2, -0.15) is 0 Å². The second-order valence-corrected chi connectivity index (χ2v) is 5.82. The van der Waals surface area contributed by atoms with E-state index in [1.165, 1.54) is 38.5 Å². The number of amides is 2. The van der Waals surface area contributed by atoms with E-state index in [0.29, 0.717) is 18.0 Å². The van der Waals surface area contributed by atoms with Crippen molar-refractivity contribution in [2.75, 3.05) is 19.6 Å². The molecule has 0 radical (unpaired) electrons. The Bertz CT molecular complexity index is 280. The lowest BCUT2D eigenvalue weighted by Crippen LogP contribution is -2.47. The van der Waals surface area contributed by atoms with Crippen molar-refractivity contribution in [1.29, 1.82) is 0 Å². The average Bonchev–Trinajstić information content (AvgIpc) is 3.21. The molecule has 0 aromatic heterocycles. The highest BCUT2D eigenvalue weighted by atomic mass is 16.2. The lowest BCUT2D eigenvalue weighted by atomic mass is 9.99. The van der Waals surface area contributed by atoms with Crippen LogP contribution in [0.25, 0.3) is 0 Å². The molecule has 0 aromatic carbocycles.